The second-order valence-corrected chi connectivity index (χ2v) is 11.2. The molecule has 1 aromatic carbocycles. The number of likely N-dealkylation sites (tertiary alicyclic amines) is 1. The number of aromatic nitrogens is 2. The van der Waals surface area contributed by atoms with Gasteiger partial charge in [0.25, 0.3) is 5.56 Å². The van der Waals surface area contributed by atoms with Gasteiger partial charge in [0.05, 0.1) is 16.2 Å². The van der Waals surface area contributed by atoms with E-state index < -0.39 is 0 Å². The predicted molar refractivity (Wildman–Crippen MR) is 118 cm³/mol. The van der Waals surface area contributed by atoms with Crippen molar-refractivity contribution in [2.24, 2.45) is 10.8 Å². The van der Waals surface area contributed by atoms with Crippen molar-refractivity contribution in [3.05, 3.63) is 34.6 Å². The van der Waals surface area contributed by atoms with Crippen LogP contribution in [0.3, 0.4) is 0 Å². The molecular formula is C23H31N3O2S. The Morgan fingerprint density at radius 1 is 1.28 bits per heavy atom. The normalized spacial score (nSPS) is 26.7. The summed E-state index contributed by atoms with van der Waals surface area (Å²) in [4.78, 5) is 33.1. The van der Waals surface area contributed by atoms with Crippen LogP contribution in [0, 0.1) is 10.8 Å². The molecule has 2 aliphatic rings. The van der Waals surface area contributed by atoms with Crippen molar-refractivity contribution in [3.8, 4) is 0 Å². The molecule has 2 heterocycles. The highest BCUT2D eigenvalue weighted by molar-refractivity contribution is 8.00. The van der Waals surface area contributed by atoms with Crippen LogP contribution in [0.2, 0.25) is 0 Å². The number of para-hydroxylation sites is 1. The molecule has 1 aliphatic carbocycles. The molecule has 29 heavy (non-hydrogen) atoms. The van der Waals surface area contributed by atoms with Crippen LogP contribution < -0.4 is 5.56 Å². The summed E-state index contributed by atoms with van der Waals surface area (Å²) in [6.07, 6.45) is 3.34. The molecule has 1 aliphatic heterocycles. The maximum absolute atomic E-state index is 13.4. The summed E-state index contributed by atoms with van der Waals surface area (Å²) in [6.45, 7) is 12.2. The summed E-state index contributed by atoms with van der Waals surface area (Å²) in [6, 6.07) is 7.75. The first-order valence-corrected chi connectivity index (χ1v) is 11.5. The fourth-order valence-corrected chi connectivity index (χ4v) is 6.72. The first kappa shape index (κ1) is 20.5. The van der Waals surface area contributed by atoms with Crippen LogP contribution >= 0.6 is 11.8 Å². The molecule has 5 nitrogen and oxygen atoms in total. The van der Waals surface area contributed by atoms with Gasteiger partial charge in [-0.25, -0.2) is 4.98 Å². The van der Waals surface area contributed by atoms with E-state index in [0.717, 1.165) is 19.4 Å². The van der Waals surface area contributed by atoms with E-state index in [4.69, 9.17) is 4.98 Å². The Balaban J connectivity index is 1.59. The molecule has 2 bridgehead atoms. The Labute approximate surface area is 176 Å². The minimum absolute atomic E-state index is 0.0356. The molecule has 4 rings (SSSR count). The number of fused-ring (bicyclic) bond motifs is 3. The first-order valence-electron chi connectivity index (χ1n) is 10.6. The lowest BCUT2D eigenvalue weighted by Gasteiger charge is -2.39. The molecule has 3 atom stereocenters. The quantitative estimate of drug-likeness (QED) is 0.553. The summed E-state index contributed by atoms with van der Waals surface area (Å²) >= 11 is 1.41. The second kappa shape index (κ2) is 7.15. The number of hydrogen-bond donors (Lipinski definition) is 0. The lowest BCUT2D eigenvalue weighted by atomic mass is 9.65. The topological polar surface area (TPSA) is 55.2 Å². The lowest BCUT2D eigenvalue weighted by Crippen LogP contribution is -2.41. The molecule has 2 aromatic rings. The third-order valence-electron chi connectivity index (χ3n) is 6.47. The van der Waals surface area contributed by atoms with Crippen LogP contribution in [0.1, 0.15) is 53.9 Å². The van der Waals surface area contributed by atoms with Crippen LogP contribution in [0.4, 0.5) is 0 Å². The van der Waals surface area contributed by atoms with Gasteiger partial charge in [-0.1, -0.05) is 44.7 Å². The molecule has 1 amide bonds. The van der Waals surface area contributed by atoms with Crippen molar-refractivity contribution in [1.82, 2.24) is 14.5 Å². The third kappa shape index (κ3) is 3.72. The zero-order valence-corrected chi connectivity index (χ0v) is 18.9. The number of benzene rings is 1. The Morgan fingerprint density at radius 3 is 2.72 bits per heavy atom. The summed E-state index contributed by atoms with van der Waals surface area (Å²) in [5.41, 5.74) is 1.16. The van der Waals surface area contributed by atoms with E-state index in [2.05, 4.69) is 25.7 Å². The van der Waals surface area contributed by atoms with Gasteiger partial charge < -0.3 is 4.90 Å². The van der Waals surface area contributed by atoms with Gasteiger partial charge in [-0.05, 0) is 56.1 Å². The van der Waals surface area contributed by atoms with E-state index in [1.165, 1.54) is 18.2 Å². The van der Waals surface area contributed by atoms with Gasteiger partial charge >= 0.3 is 0 Å². The second-order valence-electron chi connectivity index (χ2n) is 9.90. The third-order valence-corrected chi connectivity index (χ3v) is 7.55. The Bertz CT molecular complexity index is 1010. The number of nitrogens with zero attached hydrogens (tertiary/aromatic N) is 3. The van der Waals surface area contributed by atoms with E-state index in [-0.39, 0.29) is 27.5 Å². The highest BCUT2D eigenvalue weighted by Crippen LogP contribution is 2.52. The van der Waals surface area contributed by atoms with Crippen molar-refractivity contribution >= 4 is 28.6 Å². The van der Waals surface area contributed by atoms with Crippen LogP contribution in [0.15, 0.2) is 34.2 Å². The molecule has 1 aromatic heterocycles. The highest BCUT2D eigenvalue weighted by atomic mass is 32.2. The highest BCUT2D eigenvalue weighted by Gasteiger charge is 2.51. The number of carbonyl (C=O) groups excluding carboxylic acids is 1. The van der Waals surface area contributed by atoms with Crippen LogP contribution in [0.5, 0.6) is 0 Å². The number of amides is 1. The fraction of sp³-hybridized carbons (Fsp3) is 0.609. The maximum atomic E-state index is 13.4. The van der Waals surface area contributed by atoms with E-state index in [1.54, 1.807) is 4.57 Å². The molecule has 6 heteroatoms. The van der Waals surface area contributed by atoms with Gasteiger partial charge in [0.15, 0.2) is 5.16 Å². The van der Waals surface area contributed by atoms with Crippen LogP contribution in [0.25, 0.3) is 10.9 Å². The Hall–Kier alpha value is -1.82. The summed E-state index contributed by atoms with van der Waals surface area (Å²) in [5, 5.41) is 0.985. The SMILES string of the molecule is CCn1c(SC(C)C(=O)N2CC3(C)CC2CC(C)(C)C3)nc2ccccc2c1=O. The maximum Gasteiger partial charge on any atom is 0.262 e. The molecule has 156 valence electrons. The molecule has 1 saturated heterocycles. The average molecular weight is 414 g/mol. The summed E-state index contributed by atoms with van der Waals surface area (Å²) in [5.74, 6) is 0.173. The molecule has 0 radical (unpaired) electrons. The zero-order chi connectivity index (χ0) is 21.0. The molecule has 1 saturated carbocycles. The van der Waals surface area contributed by atoms with Crippen molar-refractivity contribution in [2.45, 2.75) is 76.9 Å². The molecule has 3 unspecified atom stereocenters. The molecular weight excluding hydrogens is 382 g/mol. The molecule has 0 spiro atoms. The Morgan fingerprint density at radius 2 is 2.00 bits per heavy atom. The monoisotopic (exact) mass is 413 g/mol. The average Bonchev–Trinajstić information content (AvgIpc) is 2.90. The number of thioether (sulfide) groups is 1. The number of carbonyl (C=O) groups is 1. The van der Waals surface area contributed by atoms with Gasteiger partial charge in [-0.15, -0.1) is 0 Å². The minimum Gasteiger partial charge on any atom is -0.338 e. The lowest BCUT2D eigenvalue weighted by molar-refractivity contribution is -0.131. The number of rotatable bonds is 4. The van der Waals surface area contributed by atoms with Crippen molar-refractivity contribution in [1.29, 1.82) is 0 Å². The van der Waals surface area contributed by atoms with Gasteiger partial charge in [0.1, 0.15) is 0 Å². The Kier molecular flexibility index (Phi) is 5.04. The fourth-order valence-electron chi connectivity index (χ4n) is 5.68. The number of hydrogen-bond acceptors (Lipinski definition) is 4. The van der Waals surface area contributed by atoms with E-state index >= 15 is 0 Å². The summed E-state index contributed by atoms with van der Waals surface area (Å²) in [7, 11) is 0. The molecule has 0 N–H and O–H groups in total. The van der Waals surface area contributed by atoms with Crippen LogP contribution in [-0.2, 0) is 11.3 Å². The first-order chi connectivity index (χ1) is 13.6. The van der Waals surface area contributed by atoms with E-state index in [9.17, 15) is 9.59 Å². The smallest absolute Gasteiger partial charge is 0.262 e. The van der Waals surface area contributed by atoms with E-state index in [1.807, 2.05) is 38.1 Å². The van der Waals surface area contributed by atoms with E-state index in [0.29, 0.717) is 28.6 Å². The van der Waals surface area contributed by atoms with Crippen molar-refractivity contribution in [2.75, 3.05) is 6.54 Å². The zero-order valence-electron chi connectivity index (χ0n) is 18.1. The summed E-state index contributed by atoms with van der Waals surface area (Å²) < 4.78 is 1.68. The van der Waals surface area contributed by atoms with Gasteiger partial charge in [-0.3, -0.25) is 14.2 Å². The van der Waals surface area contributed by atoms with Gasteiger partial charge in [-0.2, -0.15) is 0 Å². The van der Waals surface area contributed by atoms with Gasteiger partial charge in [0, 0.05) is 19.1 Å². The van der Waals surface area contributed by atoms with Crippen molar-refractivity contribution in [3.63, 3.8) is 0 Å². The largest absolute Gasteiger partial charge is 0.338 e. The minimum atomic E-state index is -0.271. The standard InChI is InChI=1S/C23H31N3O2S/c1-6-25-20(28)17-9-7-8-10-18(17)24-21(25)29-15(2)19(27)26-14-23(5)12-16(26)11-22(3,4)13-23/h7-10,15-16H,6,11-14H2,1-5H3. The van der Waals surface area contributed by atoms with Crippen LogP contribution in [-0.4, -0.2) is 38.2 Å². The molecule has 2 fully saturated rings. The van der Waals surface area contributed by atoms with Crippen molar-refractivity contribution < 1.29 is 4.79 Å². The van der Waals surface area contributed by atoms with Gasteiger partial charge in [0.2, 0.25) is 5.91 Å². The predicted octanol–water partition coefficient (Wildman–Crippen LogP) is 4.32.